The van der Waals surface area contributed by atoms with Crippen LogP contribution in [0.25, 0.3) is 0 Å². The summed E-state index contributed by atoms with van der Waals surface area (Å²) < 4.78 is 24.0. The molecule has 0 aliphatic carbocycles. The van der Waals surface area contributed by atoms with Crippen LogP contribution in [0.3, 0.4) is 0 Å². The lowest BCUT2D eigenvalue weighted by atomic mass is 10.2. The SMILES string of the molecule is CCC[C@@H](NS(=O)(=O)CC#N)C(=O)O. The van der Waals surface area contributed by atoms with Crippen molar-refractivity contribution in [2.75, 3.05) is 5.75 Å². The Labute approximate surface area is 82.6 Å². The van der Waals surface area contributed by atoms with Crippen molar-refractivity contribution in [3.8, 4) is 6.07 Å². The first kappa shape index (κ1) is 12.9. The summed E-state index contributed by atoms with van der Waals surface area (Å²) in [6, 6.07) is 0.311. The average molecular weight is 220 g/mol. The van der Waals surface area contributed by atoms with E-state index in [1.54, 1.807) is 6.92 Å². The van der Waals surface area contributed by atoms with Crippen LogP contribution < -0.4 is 4.72 Å². The quantitative estimate of drug-likeness (QED) is 0.638. The van der Waals surface area contributed by atoms with E-state index in [1.807, 2.05) is 4.72 Å². The minimum atomic E-state index is -3.79. The van der Waals surface area contributed by atoms with Gasteiger partial charge in [-0.1, -0.05) is 13.3 Å². The first-order valence-corrected chi connectivity index (χ1v) is 5.68. The molecule has 80 valence electrons. The molecular formula is C7H12N2O4S. The number of carbonyl (C=O) groups is 1. The molecule has 2 N–H and O–H groups in total. The van der Waals surface area contributed by atoms with Crippen molar-refractivity contribution in [2.45, 2.75) is 25.8 Å². The Kier molecular flexibility index (Phi) is 5.12. The molecule has 0 aliphatic heterocycles. The van der Waals surface area contributed by atoms with E-state index in [-0.39, 0.29) is 6.42 Å². The molecule has 0 fully saturated rings. The van der Waals surface area contributed by atoms with E-state index in [0.717, 1.165) is 0 Å². The Balaban J connectivity index is 4.46. The van der Waals surface area contributed by atoms with E-state index in [1.165, 1.54) is 6.07 Å². The smallest absolute Gasteiger partial charge is 0.321 e. The van der Waals surface area contributed by atoms with Crippen LogP contribution in [-0.2, 0) is 14.8 Å². The topological polar surface area (TPSA) is 107 Å². The number of aliphatic carboxylic acids is 1. The highest BCUT2D eigenvalue weighted by atomic mass is 32.2. The standard InChI is InChI=1S/C7H12N2O4S/c1-2-3-6(7(10)11)9-14(12,13)5-4-8/h6,9H,2-3,5H2,1H3,(H,10,11)/t6-/m1/s1. The van der Waals surface area contributed by atoms with E-state index in [0.29, 0.717) is 6.42 Å². The van der Waals surface area contributed by atoms with Crippen LogP contribution in [0.1, 0.15) is 19.8 Å². The summed E-state index contributed by atoms with van der Waals surface area (Å²) in [5.74, 6) is -1.95. The van der Waals surface area contributed by atoms with Crippen molar-refractivity contribution in [3.05, 3.63) is 0 Å². The second-order valence-electron chi connectivity index (χ2n) is 2.71. The first-order valence-electron chi connectivity index (χ1n) is 4.02. The lowest BCUT2D eigenvalue weighted by Gasteiger charge is -2.11. The molecule has 0 unspecified atom stereocenters. The van der Waals surface area contributed by atoms with Gasteiger partial charge in [0, 0.05) is 0 Å². The summed E-state index contributed by atoms with van der Waals surface area (Å²) in [6.07, 6.45) is 0.756. The van der Waals surface area contributed by atoms with Gasteiger partial charge in [-0.25, -0.2) is 13.1 Å². The molecule has 6 nitrogen and oxygen atoms in total. The molecule has 7 heteroatoms. The second kappa shape index (κ2) is 5.57. The Morgan fingerprint density at radius 1 is 1.64 bits per heavy atom. The molecule has 0 bridgehead atoms. The summed E-state index contributed by atoms with van der Waals surface area (Å²) in [6.45, 7) is 1.74. The molecule has 0 aromatic rings. The summed E-state index contributed by atoms with van der Waals surface area (Å²) in [7, 11) is -3.79. The molecule has 0 amide bonds. The van der Waals surface area contributed by atoms with Gasteiger partial charge in [-0.2, -0.15) is 5.26 Å². The van der Waals surface area contributed by atoms with Gasteiger partial charge >= 0.3 is 5.97 Å². The fraction of sp³-hybridized carbons (Fsp3) is 0.714. The zero-order valence-electron chi connectivity index (χ0n) is 7.73. The molecule has 0 aromatic carbocycles. The zero-order valence-corrected chi connectivity index (χ0v) is 8.54. The predicted molar refractivity (Wildman–Crippen MR) is 48.9 cm³/mol. The van der Waals surface area contributed by atoms with Gasteiger partial charge < -0.3 is 5.11 Å². The van der Waals surface area contributed by atoms with E-state index in [2.05, 4.69) is 0 Å². The van der Waals surface area contributed by atoms with E-state index in [4.69, 9.17) is 10.4 Å². The van der Waals surface area contributed by atoms with Crippen LogP contribution >= 0.6 is 0 Å². The van der Waals surface area contributed by atoms with Crippen LogP contribution in [0.2, 0.25) is 0 Å². The fourth-order valence-electron chi connectivity index (χ4n) is 0.865. The van der Waals surface area contributed by atoms with Crippen molar-refractivity contribution >= 4 is 16.0 Å². The number of hydrogen-bond donors (Lipinski definition) is 2. The highest BCUT2D eigenvalue weighted by Crippen LogP contribution is 1.99. The number of sulfonamides is 1. The Bertz CT molecular complexity index is 330. The van der Waals surface area contributed by atoms with Gasteiger partial charge in [-0.3, -0.25) is 4.79 Å². The van der Waals surface area contributed by atoms with E-state index < -0.39 is 27.8 Å². The second-order valence-corrected chi connectivity index (χ2v) is 4.47. The number of carboxylic acids is 1. The molecule has 0 saturated heterocycles. The van der Waals surface area contributed by atoms with Gasteiger partial charge in [0.1, 0.15) is 6.04 Å². The Morgan fingerprint density at radius 3 is 2.57 bits per heavy atom. The molecule has 0 saturated carbocycles. The lowest BCUT2D eigenvalue weighted by molar-refractivity contribution is -0.139. The number of nitriles is 1. The monoisotopic (exact) mass is 220 g/mol. The molecule has 0 spiro atoms. The van der Waals surface area contributed by atoms with Crippen LogP contribution in [0.15, 0.2) is 0 Å². The van der Waals surface area contributed by atoms with Crippen molar-refractivity contribution < 1.29 is 18.3 Å². The van der Waals surface area contributed by atoms with Crippen LogP contribution in [0.4, 0.5) is 0 Å². The average Bonchev–Trinajstić information content (AvgIpc) is 2.02. The number of nitrogens with zero attached hydrogens (tertiary/aromatic N) is 1. The number of nitrogens with one attached hydrogen (secondary N) is 1. The highest BCUT2D eigenvalue weighted by Gasteiger charge is 2.22. The first-order chi connectivity index (χ1) is 6.43. The van der Waals surface area contributed by atoms with Crippen molar-refractivity contribution in [3.63, 3.8) is 0 Å². The molecule has 14 heavy (non-hydrogen) atoms. The van der Waals surface area contributed by atoms with Gasteiger partial charge in [0.2, 0.25) is 10.0 Å². The molecule has 0 radical (unpaired) electrons. The Morgan fingerprint density at radius 2 is 2.21 bits per heavy atom. The third-order valence-corrected chi connectivity index (χ3v) is 2.60. The third-order valence-electron chi connectivity index (χ3n) is 1.45. The van der Waals surface area contributed by atoms with Crippen LogP contribution in [0, 0.1) is 11.3 Å². The molecule has 0 aliphatic rings. The molecule has 0 aromatic heterocycles. The lowest BCUT2D eigenvalue weighted by Crippen LogP contribution is -2.41. The van der Waals surface area contributed by atoms with Crippen molar-refractivity contribution in [1.29, 1.82) is 5.26 Å². The number of carboxylic acid groups (broad SMARTS) is 1. The normalized spacial score (nSPS) is 13.1. The third kappa shape index (κ3) is 4.79. The predicted octanol–water partition coefficient (Wildman–Crippen LogP) is -0.317. The van der Waals surface area contributed by atoms with Gasteiger partial charge in [0.25, 0.3) is 0 Å². The maximum atomic E-state index is 11.0. The van der Waals surface area contributed by atoms with Crippen LogP contribution in [0.5, 0.6) is 0 Å². The maximum Gasteiger partial charge on any atom is 0.321 e. The van der Waals surface area contributed by atoms with E-state index >= 15 is 0 Å². The van der Waals surface area contributed by atoms with Gasteiger partial charge in [-0.15, -0.1) is 0 Å². The minimum Gasteiger partial charge on any atom is -0.480 e. The van der Waals surface area contributed by atoms with Gasteiger partial charge in [0.05, 0.1) is 6.07 Å². The van der Waals surface area contributed by atoms with Crippen LogP contribution in [-0.4, -0.2) is 31.3 Å². The van der Waals surface area contributed by atoms with Crippen molar-refractivity contribution in [2.24, 2.45) is 0 Å². The summed E-state index contributed by atoms with van der Waals surface area (Å²) >= 11 is 0. The molecule has 0 rings (SSSR count). The van der Waals surface area contributed by atoms with E-state index in [9.17, 15) is 13.2 Å². The van der Waals surface area contributed by atoms with Crippen molar-refractivity contribution in [1.82, 2.24) is 4.72 Å². The largest absolute Gasteiger partial charge is 0.480 e. The number of hydrogen-bond acceptors (Lipinski definition) is 4. The fourth-order valence-corrected chi connectivity index (χ4v) is 1.77. The number of rotatable bonds is 6. The van der Waals surface area contributed by atoms with Gasteiger partial charge in [-0.05, 0) is 6.42 Å². The summed E-state index contributed by atoms with van der Waals surface area (Å²) in [5, 5.41) is 16.8. The highest BCUT2D eigenvalue weighted by molar-refractivity contribution is 7.89. The molecule has 0 heterocycles. The summed E-state index contributed by atoms with van der Waals surface area (Å²) in [5.41, 5.74) is 0. The molecule has 1 atom stereocenters. The summed E-state index contributed by atoms with van der Waals surface area (Å²) in [4.78, 5) is 10.6. The Hall–Kier alpha value is -1.13. The minimum absolute atomic E-state index is 0.208. The molecular weight excluding hydrogens is 208 g/mol. The van der Waals surface area contributed by atoms with Gasteiger partial charge in [0.15, 0.2) is 5.75 Å². The zero-order chi connectivity index (χ0) is 11.2. The maximum absolute atomic E-state index is 11.0.